The van der Waals surface area contributed by atoms with E-state index in [0.717, 1.165) is 22.8 Å². The summed E-state index contributed by atoms with van der Waals surface area (Å²) in [5.41, 5.74) is 5.88. The van der Waals surface area contributed by atoms with Crippen LogP contribution in [0.25, 0.3) is 10.8 Å². The van der Waals surface area contributed by atoms with Gasteiger partial charge in [0.05, 0.1) is 6.42 Å². The summed E-state index contributed by atoms with van der Waals surface area (Å²) in [6.45, 7) is 3.76. The molecular weight excluding hydrogens is 264 g/mol. The van der Waals surface area contributed by atoms with Crippen molar-refractivity contribution >= 4 is 22.6 Å². The molecule has 0 saturated carbocycles. The molecule has 0 saturated heterocycles. The van der Waals surface area contributed by atoms with E-state index in [-0.39, 0.29) is 24.2 Å². The van der Waals surface area contributed by atoms with Crippen LogP contribution in [0.15, 0.2) is 42.5 Å². The average molecular weight is 284 g/mol. The van der Waals surface area contributed by atoms with Gasteiger partial charge in [-0.2, -0.15) is 0 Å². The second-order valence-electron chi connectivity index (χ2n) is 5.16. The van der Waals surface area contributed by atoms with E-state index in [4.69, 9.17) is 0 Å². The van der Waals surface area contributed by atoms with Gasteiger partial charge in [-0.15, -0.1) is 0 Å². The topological polar surface area (TPSA) is 58.2 Å². The molecule has 1 atom stereocenters. The van der Waals surface area contributed by atoms with Gasteiger partial charge in [-0.05, 0) is 22.8 Å². The van der Waals surface area contributed by atoms with Gasteiger partial charge in [-0.1, -0.05) is 56.3 Å². The summed E-state index contributed by atoms with van der Waals surface area (Å²) in [6.07, 6.45) is 0.979. The fourth-order valence-electron chi connectivity index (χ4n) is 2.10. The van der Waals surface area contributed by atoms with Crippen LogP contribution in [0.1, 0.15) is 25.8 Å². The molecule has 4 heteroatoms. The Labute approximate surface area is 124 Å². The Balaban J connectivity index is 2.00. The zero-order valence-corrected chi connectivity index (χ0v) is 12.3. The van der Waals surface area contributed by atoms with Crippen molar-refractivity contribution in [2.45, 2.75) is 26.7 Å². The molecule has 21 heavy (non-hydrogen) atoms. The minimum Gasteiger partial charge on any atom is -0.273 e. The van der Waals surface area contributed by atoms with Crippen molar-refractivity contribution in [1.82, 2.24) is 10.9 Å². The zero-order valence-electron chi connectivity index (χ0n) is 12.3. The Morgan fingerprint density at radius 1 is 1.05 bits per heavy atom. The molecule has 0 bridgehead atoms. The highest BCUT2D eigenvalue weighted by Crippen LogP contribution is 2.18. The van der Waals surface area contributed by atoms with Crippen LogP contribution >= 0.6 is 0 Å². The molecule has 0 fully saturated rings. The SMILES string of the molecule is CCC(C)C(=O)NNC(=O)Cc1cccc2ccccc12. The number of hydrazine groups is 1. The lowest BCUT2D eigenvalue weighted by Crippen LogP contribution is -2.44. The van der Waals surface area contributed by atoms with E-state index in [1.165, 1.54) is 0 Å². The van der Waals surface area contributed by atoms with Gasteiger partial charge in [0.2, 0.25) is 11.8 Å². The van der Waals surface area contributed by atoms with Gasteiger partial charge in [-0.25, -0.2) is 0 Å². The van der Waals surface area contributed by atoms with Crippen LogP contribution in [0, 0.1) is 5.92 Å². The summed E-state index contributed by atoms with van der Waals surface area (Å²) in [5.74, 6) is -0.491. The maximum Gasteiger partial charge on any atom is 0.242 e. The molecule has 4 nitrogen and oxygen atoms in total. The summed E-state index contributed by atoms with van der Waals surface area (Å²) in [6, 6.07) is 13.8. The van der Waals surface area contributed by atoms with Crippen LogP contribution in [0.3, 0.4) is 0 Å². The lowest BCUT2D eigenvalue weighted by atomic mass is 10.0. The van der Waals surface area contributed by atoms with Crippen molar-refractivity contribution in [3.8, 4) is 0 Å². The average Bonchev–Trinajstić information content (AvgIpc) is 2.52. The third-order valence-corrected chi connectivity index (χ3v) is 3.62. The number of carbonyl (C=O) groups is 2. The van der Waals surface area contributed by atoms with E-state index < -0.39 is 0 Å². The molecule has 0 radical (unpaired) electrons. The van der Waals surface area contributed by atoms with E-state index in [9.17, 15) is 9.59 Å². The molecule has 0 aromatic heterocycles. The van der Waals surface area contributed by atoms with Crippen LogP contribution in [-0.2, 0) is 16.0 Å². The molecular formula is C17H20N2O2. The van der Waals surface area contributed by atoms with Gasteiger partial charge < -0.3 is 0 Å². The van der Waals surface area contributed by atoms with Crippen molar-refractivity contribution in [3.05, 3.63) is 48.0 Å². The predicted molar refractivity (Wildman–Crippen MR) is 83.4 cm³/mol. The van der Waals surface area contributed by atoms with Gasteiger partial charge in [-0.3, -0.25) is 20.4 Å². The van der Waals surface area contributed by atoms with Crippen LogP contribution in [0.2, 0.25) is 0 Å². The van der Waals surface area contributed by atoms with Gasteiger partial charge in [0, 0.05) is 5.92 Å². The van der Waals surface area contributed by atoms with Crippen molar-refractivity contribution in [3.63, 3.8) is 0 Å². The first-order valence-electron chi connectivity index (χ1n) is 7.17. The van der Waals surface area contributed by atoms with Crippen molar-refractivity contribution in [2.75, 3.05) is 0 Å². The minimum atomic E-state index is -0.219. The Morgan fingerprint density at radius 3 is 2.52 bits per heavy atom. The van der Waals surface area contributed by atoms with Crippen molar-refractivity contribution < 1.29 is 9.59 Å². The Bertz CT molecular complexity index is 647. The van der Waals surface area contributed by atoms with Gasteiger partial charge in [0.15, 0.2) is 0 Å². The molecule has 1 unspecified atom stereocenters. The standard InChI is InChI=1S/C17H20N2O2/c1-3-12(2)17(21)19-18-16(20)11-14-9-6-8-13-7-4-5-10-15(13)14/h4-10,12H,3,11H2,1-2H3,(H,18,20)(H,19,21). The van der Waals surface area contributed by atoms with Gasteiger partial charge >= 0.3 is 0 Å². The minimum absolute atomic E-state index is 0.108. The first-order chi connectivity index (χ1) is 10.1. The lowest BCUT2D eigenvalue weighted by Gasteiger charge is -2.11. The summed E-state index contributed by atoms with van der Waals surface area (Å²) in [5, 5.41) is 2.16. The molecule has 0 heterocycles. The third-order valence-electron chi connectivity index (χ3n) is 3.62. The first kappa shape index (κ1) is 15.0. The second-order valence-corrected chi connectivity index (χ2v) is 5.16. The summed E-state index contributed by atoms with van der Waals surface area (Å²) in [4.78, 5) is 23.6. The molecule has 0 spiro atoms. The zero-order chi connectivity index (χ0) is 15.2. The molecule has 2 N–H and O–H groups in total. The third kappa shape index (κ3) is 3.81. The number of benzene rings is 2. The van der Waals surface area contributed by atoms with Crippen molar-refractivity contribution in [2.24, 2.45) is 5.92 Å². The van der Waals surface area contributed by atoms with Crippen LogP contribution in [-0.4, -0.2) is 11.8 Å². The molecule has 0 aliphatic heterocycles. The first-order valence-corrected chi connectivity index (χ1v) is 7.17. The highest BCUT2D eigenvalue weighted by molar-refractivity contribution is 5.91. The van der Waals surface area contributed by atoms with E-state index in [1.807, 2.05) is 56.3 Å². The quantitative estimate of drug-likeness (QED) is 0.848. The summed E-state index contributed by atoms with van der Waals surface area (Å²) < 4.78 is 0. The Morgan fingerprint density at radius 2 is 1.76 bits per heavy atom. The number of nitrogens with one attached hydrogen (secondary N) is 2. The molecule has 110 valence electrons. The van der Waals surface area contributed by atoms with Crippen LogP contribution in [0.5, 0.6) is 0 Å². The fourth-order valence-corrected chi connectivity index (χ4v) is 2.10. The molecule has 2 aromatic rings. The molecule has 0 aliphatic carbocycles. The van der Waals surface area contributed by atoms with E-state index in [0.29, 0.717) is 0 Å². The predicted octanol–water partition coefficient (Wildman–Crippen LogP) is 2.58. The monoisotopic (exact) mass is 284 g/mol. The number of fused-ring (bicyclic) bond motifs is 1. The summed E-state index contributed by atoms with van der Waals surface area (Å²) in [7, 11) is 0. The normalized spacial score (nSPS) is 11.9. The largest absolute Gasteiger partial charge is 0.273 e. The fraction of sp³-hybridized carbons (Fsp3) is 0.294. The van der Waals surface area contributed by atoms with Crippen LogP contribution < -0.4 is 10.9 Å². The van der Waals surface area contributed by atoms with E-state index in [1.54, 1.807) is 0 Å². The van der Waals surface area contributed by atoms with Crippen LogP contribution in [0.4, 0.5) is 0 Å². The maximum absolute atomic E-state index is 11.9. The second kappa shape index (κ2) is 6.88. The molecule has 2 amide bonds. The molecule has 0 aliphatic rings. The Kier molecular flexibility index (Phi) is 4.93. The number of hydrogen-bond donors (Lipinski definition) is 2. The van der Waals surface area contributed by atoms with E-state index in [2.05, 4.69) is 10.9 Å². The van der Waals surface area contributed by atoms with Crippen molar-refractivity contribution in [1.29, 1.82) is 0 Å². The van der Waals surface area contributed by atoms with Gasteiger partial charge in [0.25, 0.3) is 0 Å². The lowest BCUT2D eigenvalue weighted by molar-refractivity contribution is -0.130. The molecule has 2 aromatic carbocycles. The highest BCUT2D eigenvalue weighted by Gasteiger charge is 2.12. The molecule has 2 rings (SSSR count). The maximum atomic E-state index is 11.9. The number of hydrogen-bond acceptors (Lipinski definition) is 2. The number of rotatable bonds is 4. The summed E-state index contributed by atoms with van der Waals surface area (Å²) >= 11 is 0. The number of carbonyl (C=O) groups excluding carboxylic acids is 2. The number of amides is 2. The van der Waals surface area contributed by atoms with E-state index >= 15 is 0 Å². The Hall–Kier alpha value is -2.36. The highest BCUT2D eigenvalue weighted by atomic mass is 16.2. The smallest absolute Gasteiger partial charge is 0.242 e. The van der Waals surface area contributed by atoms with Gasteiger partial charge in [0.1, 0.15) is 0 Å².